The molecular weight excluding hydrogens is 480 g/mol. The average molecular weight is 507 g/mol. The molecule has 2 aliphatic rings. The zero-order chi connectivity index (χ0) is 25.4. The quantitative estimate of drug-likeness (QED) is 0.385. The number of anilines is 2. The average Bonchev–Trinajstić information content (AvgIpc) is 3.38. The number of sulfonamides is 1. The fraction of sp³-hybridized carbons (Fsp3) is 0.222. The minimum atomic E-state index is -3.91. The van der Waals surface area contributed by atoms with Gasteiger partial charge < -0.3 is 19.9 Å². The van der Waals surface area contributed by atoms with Crippen molar-refractivity contribution in [2.45, 2.75) is 23.3 Å². The number of hydrogen-bond acceptors (Lipinski definition) is 6. The molecule has 1 aliphatic heterocycles. The molecule has 36 heavy (non-hydrogen) atoms. The van der Waals surface area contributed by atoms with Crippen LogP contribution in [0.3, 0.4) is 0 Å². The zero-order valence-corrected chi connectivity index (χ0v) is 20.6. The second-order valence-corrected chi connectivity index (χ2v) is 10.5. The van der Waals surface area contributed by atoms with Gasteiger partial charge in [-0.25, -0.2) is 13.2 Å². The monoisotopic (exact) mass is 506 g/mol. The van der Waals surface area contributed by atoms with Crippen LogP contribution in [0.1, 0.15) is 39.9 Å². The first-order valence-electron chi connectivity index (χ1n) is 11.5. The lowest BCUT2D eigenvalue weighted by Gasteiger charge is -2.38. The number of allylic oxidation sites excluding steroid dienone is 2. The van der Waals surface area contributed by atoms with E-state index in [1.165, 1.54) is 14.2 Å². The summed E-state index contributed by atoms with van der Waals surface area (Å²) in [5.41, 5.74) is 2.94. The molecule has 0 unspecified atom stereocenters. The lowest BCUT2D eigenvalue weighted by Crippen LogP contribution is -2.30. The van der Waals surface area contributed by atoms with Gasteiger partial charge in [-0.2, -0.15) is 0 Å². The van der Waals surface area contributed by atoms with Crippen LogP contribution in [0.15, 0.2) is 77.7 Å². The SMILES string of the molecule is COc1ccc(NS(=O)(=O)c2ccc3c(c2)[C@H]2C=CC[C@H]2[C@@H](c2ccccc2C(=O)O)N3)c(OC)c1. The van der Waals surface area contributed by atoms with Gasteiger partial charge in [-0.3, -0.25) is 4.72 Å². The highest BCUT2D eigenvalue weighted by Crippen LogP contribution is 2.50. The molecule has 0 bridgehead atoms. The number of ether oxygens (including phenoxy) is 2. The first kappa shape index (κ1) is 23.7. The van der Waals surface area contributed by atoms with Gasteiger partial charge in [0, 0.05) is 17.7 Å². The smallest absolute Gasteiger partial charge is 0.336 e. The molecule has 0 fully saturated rings. The summed E-state index contributed by atoms with van der Waals surface area (Å²) in [6.45, 7) is 0. The normalized spacial score (nSPS) is 20.1. The molecule has 1 heterocycles. The number of rotatable bonds is 7. The molecule has 0 amide bonds. The van der Waals surface area contributed by atoms with Crippen molar-refractivity contribution in [1.82, 2.24) is 0 Å². The van der Waals surface area contributed by atoms with Gasteiger partial charge in [0.25, 0.3) is 10.0 Å². The summed E-state index contributed by atoms with van der Waals surface area (Å²) in [7, 11) is -0.928. The Morgan fingerprint density at radius 2 is 1.83 bits per heavy atom. The van der Waals surface area contributed by atoms with Gasteiger partial charge in [-0.1, -0.05) is 30.4 Å². The Morgan fingerprint density at radius 1 is 1.03 bits per heavy atom. The maximum absolute atomic E-state index is 13.3. The topological polar surface area (TPSA) is 114 Å². The van der Waals surface area contributed by atoms with Crippen LogP contribution in [0.5, 0.6) is 11.5 Å². The highest BCUT2D eigenvalue weighted by Gasteiger charge is 2.39. The van der Waals surface area contributed by atoms with E-state index in [9.17, 15) is 18.3 Å². The highest BCUT2D eigenvalue weighted by molar-refractivity contribution is 7.92. The van der Waals surface area contributed by atoms with Crippen LogP contribution in [0.25, 0.3) is 0 Å². The van der Waals surface area contributed by atoms with E-state index in [-0.39, 0.29) is 28.3 Å². The van der Waals surface area contributed by atoms with Crippen molar-refractivity contribution < 1.29 is 27.8 Å². The van der Waals surface area contributed by atoms with Gasteiger partial charge in [0.1, 0.15) is 11.5 Å². The van der Waals surface area contributed by atoms with Crippen LogP contribution in [-0.4, -0.2) is 33.7 Å². The molecule has 9 heteroatoms. The minimum Gasteiger partial charge on any atom is -0.497 e. The van der Waals surface area contributed by atoms with E-state index in [1.54, 1.807) is 48.5 Å². The summed E-state index contributed by atoms with van der Waals surface area (Å²) in [4.78, 5) is 12.0. The number of carboxylic acids is 1. The van der Waals surface area contributed by atoms with Gasteiger partial charge in [-0.05, 0) is 59.9 Å². The van der Waals surface area contributed by atoms with Crippen molar-refractivity contribution >= 4 is 27.4 Å². The molecule has 0 radical (unpaired) electrons. The van der Waals surface area contributed by atoms with E-state index < -0.39 is 16.0 Å². The maximum atomic E-state index is 13.3. The summed E-state index contributed by atoms with van der Waals surface area (Å²) < 4.78 is 39.7. The largest absolute Gasteiger partial charge is 0.497 e. The van der Waals surface area contributed by atoms with Crippen LogP contribution in [0.4, 0.5) is 11.4 Å². The lowest BCUT2D eigenvalue weighted by molar-refractivity contribution is 0.0694. The van der Waals surface area contributed by atoms with Gasteiger partial charge >= 0.3 is 5.97 Å². The standard InChI is InChI=1S/C27H26N2O6S/c1-34-16-10-12-24(25(14-16)35-2)29-36(32,33)17-11-13-23-22(15-17)18-8-5-9-19(18)26(28-23)20-6-3-4-7-21(20)27(30)31/h3-8,10-15,18-19,26,28-29H,9H2,1-2H3,(H,30,31)/t18-,19+,26-/m0/s1. The van der Waals surface area contributed by atoms with E-state index in [1.807, 2.05) is 12.1 Å². The van der Waals surface area contributed by atoms with Crippen LogP contribution < -0.4 is 19.5 Å². The minimum absolute atomic E-state index is 0.0428. The summed E-state index contributed by atoms with van der Waals surface area (Å²) in [5.74, 6) is -0.0597. The third-order valence-electron chi connectivity index (χ3n) is 6.82. The van der Waals surface area contributed by atoms with Crippen molar-refractivity contribution in [2.75, 3.05) is 24.3 Å². The highest BCUT2D eigenvalue weighted by atomic mass is 32.2. The number of benzene rings is 3. The number of carboxylic acid groups (broad SMARTS) is 1. The Hall–Kier alpha value is -3.98. The molecule has 0 saturated carbocycles. The van der Waals surface area contributed by atoms with Gasteiger partial charge in [0.15, 0.2) is 0 Å². The lowest BCUT2D eigenvalue weighted by atomic mass is 9.76. The van der Waals surface area contributed by atoms with Crippen LogP contribution in [0, 0.1) is 5.92 Å². The van der Waals surface area contributed by atoms with Crippen molar-refractivity contribution in [3.05, 3.63) is 89.5 Å². The Morgan fingerprint density at radius 3 is 2.58 bits per heavy atom. The molecule has 3 N–H and O–H groups in total. The number of fused-ring (bicyclic) bond motifs is 3. The predicted molar refractivity (Wildman–Crippen MR) is 137 cm³/mol. The Bertz CT molecular complexity index is 1470. The first-order valence-corrected chi connectivity index (χ1v) is 12.9. The molecule has 3 atom stereocenters. The summed E-state index contributed by atoms with van der Waals surface area (Å²) in [5, 5.41) is 13.2. The molecule has 5 rings (SSSR count). The second-order valence-electron chi connectivity index (χ2n) is 8.79. The van der Waals surface area contributed by atoms with Crippen LogP contribution >= 0.6 is 0 Å². The molecule has 1 aliphatic carbocycles. The first-order chi connectivity index (χ1) is 17.3. The van der Waals surface area contributed by atoms with Gasteiger partial charge in [-0.15, -0.1) is 0 Å². The Kier molecular flexibility index (Phi) is 6.09. The number of carbonyl (C=O) groups is 1. The molecule has 3 aromatic carbocycles. The third kappa shape index (κ3) is 4.15. The fourth-order valence-electron chi connectivity index (χ4n) is 5.10. The fourth-order valence-corrected chi connectivity index (χ4v) is 6.20. The van der Waals surface area contributed by atoms with E-state index >= 15 is 0 Å². The van der Waals surface area contributed by atoms with Crippen molar-refractivity contribution in [3.63, 3.8) is 0 Å². The maximum Gasteiger partial charge on any atom is 0.336 e. The zero-order valence-electron chi connectivity index (χ0n) is 19.8. The van der Waals surface area contributed by atoms with E-state index in [4.69, 9.17) is 9.47 Å². The number of hydrogen-bond donors (Lipinski definition) is 3. The second kappa shape index (κ2) is 9.23. The van der Waals surface area contributed by atoms with Crippen LogP contribution in [-0.2, 0) is 10.0 Å². The number of aromatic carboxylic acids is 1. The molecule has 3 aromatic rings. The Labute approximate surface area is 209 Å². The summed E-state index contributed by atoms with van der Waals surface area (Å²) in [6, 6.07) is 16.6. The summed E-state index contributed by atoms with van der Waals surface area (Å²) >= 11 is 0. The molecule has 0 spiro atoms. The van der Waals surface area contributed by atoms with E-state index in [0.29, 0.717) is 17.2 Å². The van der Waals surface area contributed by atoms with Crippen molar-refractivity contribution in [3.8, 4) is 11.5 Å². The molecule has 0 aromatic heterocycles. The van der Waals surface area contributed by atoms with E-state index in [2.05, 4.69) is 22.2 Å². The molecule has 186 valence electrons. The van der Waals surface area contributed by atoms with Crippen LogP contribution in [0.2, 0.25) is 0 Å². The third-order valence-corrected chi connectivity index (χ3v) is 8.19. The molecular formula is C27H26N2O6S. The molecule has 8 nitrogen and oxygen atoms in total. The Balaban J connectivity index is 1.50. The van der Waals surface area contributed by atoms with Crippen molar-refractivity contribution in [1.29, 1.82) is 0 Å². The van der Waals surface area contributed by atoms with Crippen molar-refractivity contribution in [2.24, 2.45) is 5.92 Å². The van der Waals surface area contributed by atoms with Gasteiger partial charge in [0.05, 0.1) is 36.4 Å². The van der Waals surface area contributed by atoms with E-state index in [0.717, 1.165) is 23.2 Å². The summed E-state index contributed by atoms with van der Waals surface area (Å²) in [6.07, 6.45) is 4.91. The predicted octanol–water partition coefficient (Wildman–Crippen LogP) is 5.03. The van der Waals surface area contributed by atoms with Gasteiger partial charge in [0.2, 0.25) is 0 Å². The number of methoxy groups -OCH3 is 2. The number of nitrogens with one attached hydrogen (secondary N) is 2. The molecule has 0 saturated heterocycles.